The fourth-order valence-electron chi connectivity index (χ4n) is 3.28. The molecule has 0 amide bonds. The van der Waals surface area contributed by atoms with Gasteiger partial charge in [0.1, 0.15) is 5.75 Å². The minimum atomic E-state index is 0.472. The Morgan fingerprint density at radius 3 is 2.93 bits per heavy atom. The Kier molecular flexibility index (Phi) is 8.32. The lowest BCUT2D eigenvalue weighted by Crippen LogP contribution is -2.36. The van der Waals surface area contributed by atoms with Gasteiger partial charge in [0.25, 0.3) is 0 Å². The lowest BCUT2D eigenvalue weighted by atomic mass is 10.1. The number of benzene rings is 1. The Hall–Kier alpha value is -2.80. The first-order valence-electron chi connectivity index (χ1n) is 10.5. The van der Waals surface area contributed by atoms with Crippen LogP contribution in [0.4, 0.5) is 0 Å². The summed E-state index contributed by atoms with van der Waals surface area (Å²) in [6.45, 7) is 8.30. The van der Waals surface area contributed by atoms with Crippen molar-refractivity contribution in [2.45, 2.75) is 33.4 Å². The monoisotopic (exact) mass is 412 g/mol. The molecule has 1 fully saturated rings. The van der Waals surface area contributed by atoms with E-state index in [-0.39, 0.29) is 0 Å². The molecule has 1 aromatic carbocycles. The van der Waals surface area contributed by atoms with Crippen molar-refractivity contribution in [3.8, 4) is 11.6 Å². The molecule has 7 nitrogen and oxygen atoms in total. The minimum Gasteiger partial charge on any atom is -0.493 e. The first-order valence-corrected chi connectivity index (χ1v) is 10.5. The molecule has 0 spiro atoms. The molecule has 0 bridgehead atoms. The predicted molar refractivity (Wildman–Crippen MR) is 118 cm³/mol. The molecular weight excluding hydrogens is 380 g/mol. The summed E-state index contributed by atoms with van der Waals surface area (Å²) in [4.78, 5) is 8.91. The summed E-state index contributed by atoms with van der Waals surface area (Å²) in [5.41, 5.74) is 3.22. The lowest BCUT2D eigenvalue weighted by Gasteiger charge is -2.17. The van der Waals surface area contributed by atoms with Crippen LogP contribution in [0.1, 0.15) is 30.0 Å². The summed E-state index contributed by atoms with van der Waals surface area (Å²) in [6.07, 6.45) is 2.78. The highest BCUT2D eigenvalue weighted by molar-refractivity contribution is 5.79. The van der Waals surface area contributed by atoms with E-state index in [0.29, 0.717) is 31.5 Å². The maximum Gasteiger partial charge on any atom is 0.218 e. The molecule has 30 heavy (non-hydrogen) atoms. The number of nitrogens with one attached hydrogen (secondary N) is 2. The van der Waals surface area contributed by atoms with Crippen molar-refractivity contribution >= 4 is 5.96 Å². The van der Waals surface area contributed by atoms with Gasteiger partial charge in [-0.05, 0) is 38.0 Å². The molecule has 162 valence electrons. The molecule has 1 unspecified atom stereocenters. The molecule has 2 N–H and O–H groups in total. The molecule has 7 heteroatoms. The quantitative estimate of drug-likeness (QED) is 0.487. The van der Waals surface area contributed by atoms with Crippen LogP contribution in [0.25, 0.3) is 0 Å². The first-order chi connectivity index (χ1) is 14.7. The van der Waals surface area contributed by atoms with Crippen LogP contribution < -0.4 is 20.1 Å². The second-order valence-corrected chi connectivity index (χ2v) is 7.37. The van der Waals surface area contributed by atoms with Crippen molar-refractivity contribution in [3.05, 3.63) is 53.2 Å². The summed E-state index contributed by atoms with van der Waals surface area (Å²) in [6, 6.07) is 10.2. The fraction of sp³-hybridized carbons (Fsp3) is 0.478. The Labute approximate surface area is 178 Å². The normalized spacial score (nSPS) is 16.4. The van der Waals surface area contributed by atoms with Crippen molar-refractivity contribution in [2.24, 2.45) is 10.9 Å². The van der Waals surface area contributed by atoms with Crippen LogP contribution in [0.5, 0.6) is 11.6 Å². The smallest absolute Gasteiger partial charge is 0.218 e. The zero-order valence-electron chi connectivity index (χ0n) is 18.1. The third-order valence-corrected chi connectivity index (χ3v) is 4.96. The predicted octanol–water partition coefficient (Wildman–Crippen LogP) is 3.07. The number of methoxy groups -OCH3 is 1. The van der Waals surface area contributed by atoms with Crippen molar-refractivity contribution in [2.75, 3.05) is 33.5 Å². The van der Waals surface area contributed by atoms with Crippen molar-refractivity contribution in [1.29, 1.82) is 0 Å². The third-order valence-electron chi connectivity index (χ3n) is 4.96. The van der Waals surface area contributed by atoms with E-state index >= 15 is 0 Å². The van der Waals surface area contributed by atoms with E-state index in [1.807, 2.05) is 19.1 Å². The van der Waals surface area contributed by atoms with Gasteiger partial charge in [0.2, 0.25) is 5.88 Å². The topological polar surface area (TPSA) is 77.0 Å². The van der Waals surface area contributed by atoms with E-state index in [2.05, 4.69) is 45.7 Å². The number of rotatable bonds is 9. The number of aryl methyl sites for hydroxylation is 1. The summed E-state index contributed by atoms with van der Waals surface area (Å²) >= 11 is 0. The van der Waals surface area contributed by atoms with E-state index in [9.17, 15) is 0 Å². The first kappa shape index (κ1) is 21.9. The van der Waals surface area contributed by atoms with Crippen LogP contribution in [0.3, 0.4) is 0 Å². The Morgan fingerprint density at radius 2 is 2.17 bits per heavy atom. The van der Waals surface area contributed by atoms with Crippen LogP contribution in [-0.2, 0) is 17.8 Å². The van der Waals surface area contributed by atoms with Crippen LogP contribution in [-0.4, -0.2) is 44.4 Å². The average molecular weight is 413 g/mol. The van der Waals surface area contributed by atoms with Gasteiger partial charge in [-0.2, -0.15) is 0 Å². The molecule has 0 aliphatic carbocycles. The number of ether oxygens (including phenoxy) is 3. The Balaban J connectivity index is 1.64. The zero-order chi connectivity index (χ0) is 21.2. The highest BCUT2D eigenvalue weighted by atomic mass is 16.5. The molecule has 1 aliphatic heterocycles. The Bertz CT molecular complexity index is 835. The van der Waals surface area contributed by atoms with Gasteiger partial charge in [-0.3, -0.25) is 0 Å². The van der Waals surface area contributed by atoms with Crippen LogP contribution in [0, 0.1) is 12.8 Å². The molecule has 0 radical (unpaired) electrons. The van der Waals surface area contributed by atoms with Crippen LogP contribution in [0.15, 0.2) is 41.5 Å². The van der Waals surface area contributed by atoms with Crippen molar-refractivity contribution in [3.63, 3.8) is 0 Å². The van der Waals surface area contributed by atoms with Gasteiger partial charge >= 0.3 is 0 Å². The van der Waals surface area contributed by atoms with E-state index in [1.165, 1.54) is 5.56 Å². The highest BCUT2D eigenvalue weighted by Crippen LogP contribution is 2.23. The number of hydrogen-bond acceptors (Lipinski definition) is 5. The van der Waals surface area contributed by atoms with Gasteiger partial charge in [-0.25, -0.2) is 9.98 Å². The fourth-order valence-corrected chi connectivity index (χ4v) is 3.28. The molecule has 2 aromatic rings. The van der Waals surface area contributed by atoms with E-state index in [0.717, 1.165) is 49.0 Å². The minimum absolute atomic E-state index is 0.472. The molecule has 1 aliphatic rings. The van der Waals surface area contributed by atoms with Crippen molar-refractivity contribution in [1.82, 2.24) is 15.6 Å². The van der Waals surface area contributed by atoms with Gasteiger partial charge in [-0.15, -0.1) is 0 Å². The second-order valence-electron chi connectivity index (χ2n) is 7.37. The Morgan fingerprint density at radius 1 is 1.27 bits per heavy atom. The van der Waals surface area contributed by atoms with Crippen LogP contribution >= 0.6 is 0 Å². The molecule has 3 rings (SSSR count). The SMILES string of the molecule is CCNC(=NCc1cccnc1OC)NCc1ccc(C)cc1OCC1CCOC1. The summed E-state index contributed by atoms with van der Waals surface area (Å²) < 4.78 is 16.9. The molecule has 1 aromatic heterocycles. The number of aliphatic imine (C=N–C) groups is 1. The average Bonchev–Trinajstić information content (AvgIpc) is 3.29. The lowest BCUT2D eigenvalue weighted by molar-refractivity contribution is 0.166. The summed E-state index contributed by atoms with van der Waals surface area (Å²) in [5.74, 6) is 2.72. The van der Waals surface area contributed by atoms with Gasteiger partial charge in [0.05, 0.1) is 26.9 Å². The molecule has 1 atom stereocenters. The maximum absolute atomic E-state index is 6.15. The van der Waals surface area contributed by atoms with E-state index in [1.54, 1.807) is 13.3 Å². The van der Waals surface area contributed by atoms with Gasteiger partial charge in [0, 0.05) is 42.9 Å². The number of guanidine groups is 1. The molecule has 1 saturated heterocycles. The van der Waals surface area contributed by atoms with Crippen molar-refractivity contribution < 1.29 is 14.2 Å². The molecule has 0 saturated carbocycles. The van der Waals surface area contributed by atoms with Gasteiger partial charge in [-0.1, -0.05) is 18.2 Å². The van der Waals surface area contributed by atoms with Crippen LogP contribution in [0.2, 0.25) is 0 Å². The summed E-state index contributed by atoms with van der Waals surface area (Å²) in [5, 5.41) is 6.69. The maximum atomic E-state index is 6.15. The number of pyridine rings is 1. The third kappa shape index (κ3) is 6.35. The zero-order valence-corrected chi connectivity index (χ0v) is 18.1. The molecule has 2 heterocycles. The van der Waals surface area contributed by atoms with E-state index in [4.69, 9.17) is 14.2 Å². The standard InChI is InChI=1S/C23H32N4O3/c1-4-24-23(27-14-20-6-5-10-25-22(20)28-3)26-13-19-8-7-17(2)12-21(19)30-16-18-9-11-29-15-18/h5-8,10,12,18H,4,9,11,13-16H2,1-3H3,(H2,24,26,27). The number of hydrogen-bond donors (Lipinski definition) is 2. The second kappa shape index (κ2) is 11.4. The number of nitrogens with zero attached hydrogens (tertiary/aromatic N) is 2. The summed E-state index contributed by atoms with van der Waals surface area (Å²) in [7, 11) is 1.62. The van der Waals surface area contributed by atoms with E-state index < -0.39 is 0 Å². The highest BCUT2D eigenvalue weighted by Gasteiger charge is 2.17. The largest absolute Gasteiger partial charge is 0.493 e. The molecular formula is C23H32N4O3. The van der Waals surface area contributed by atoms with Gasteiger partial charge in [0.15, 0.2) is 5.96 Å². The van der Waals surface area contributed by atoms with Gasteiger partial charge < -0.3 is 24.8 Å². The number of aromatic nitrogens is 1.